The van der Waals surface area contributed by atoms with Crippen molar-refractivity contribution in [3.63, 3.8) is 0 Å². The first-order chi connectivity index (χ1) is 15.1. The van der Waals surface area contributed by atoms with E-state index in [4.69, 9.17) is 19.2 Å². The molecule has 0 radical (unpaired) electrons. The molecular formula is C24H33N3O4. The summed E-state index contributed by atoms with van der Waals surface area (Å²) in [6.45, 7) is 3.63. The van der Waals surface area contributed by atoms with Crippen LogP contribution in [0.3, 0.4) is 0 Å². The minimum absolute atomic E-state index is 0.135. The van der Waals surface area contributed by atoms with E-state index in [2.05, 4.69) is 10.6 Å². The molecule has 3 N–H and O–H groups in total. The summed E-state index contributed by atoms with van der Waals surface area (Å²) in [5.41, 5.74) is 1.74. The Kier molecular flexibility index (Phi) is 8.27. The second kappa shape index (κ2) is 11.3. The maximum atomic E-state index is 10.3. The van der Waals surface area contributed by atoms with Gasteiger partial charge in [-0.3, -0.25) is 0 Å². The van der Waals surface area contributed by atoms with Crippen LogP contribution in [0, 0.1) is 0 Å². The molecule has 7 nitrogen and oxygen atoms in total. The molecule has 0 aromatic heterocycles. The van der Waals surface area contributed by atoms with E-state index in [1.165, 1.54) is 20.0 Å². The molecule has 1 aliphatic carbocycles. The number of benzene rings is 2. The largest absolute Gasteiger partial charge is 0.504 e. The van der Waals surface area contributed by atoms with E-state index in [9.17, 15) is 5.11 Å². The molecule has 0 amide bonds. The summed E-state index contributed by atoms with van der Waals surface area (Å²) in [6.07, 6.45) is 4.88. The van der Waals surface area contributed by atoms with Crippen LogP contribution < -0.4 is 24.8 Å². The summed E-state index contributed by atoms with van der Waals surface area (Å²) in [5, 5.41) is 16.8. The molecule has 168 valence electrons. The Hall–Kier alpha value is -3.09. The summed E-state index contributed by atoms with van der Waals surface area (Å²) in [6, 6.07) is 11.3. The molecule has 0 bridgehead atoms. The Bertz CT molecular complexity index is 879. The quantitative estimate of drug-likeness (QED) is 0.415. The molecule has 1 aliphatic rings. The molecule has 0 aliphatic heterocycles. The number of para-hydroxylation sites is 1. The summed E-state index contributed by atoms with van der Waals surface area (Å²) in [4.78, 5) is 4.72. The molecule has 0 unspecified atom stereocenters. The van der Waals surface area contributed by atoms with Crippen LogP contribution in [0.5, 0.6) is 23.0 Å². The number of nitrogens with zero attached hydrogens (tertiary/aromatic N) is 1. The number of aliphatic imine (C=N–C) groups is 1. The van der Waals surface area contributed by atoms with E-state index in [0.29, 0.717) is 24.8 Å². The van der Waals surface area contributed by atoms with E-state index < -0.39 is 0 Å². The number of phenols is 1. The first kappa shape index (κ1) is 22.6. The highest BCUT2D eigenvalue weighted by atomic mass is 16.5. The van der Waals surface area contributed by atoms with E-state index in [0.717, 1.165) is 42.0 Å². The van der Waals surface area contributed by atoms with Gasteiger partial charge in [0.05, 0.1) is 26.9 Å². The lowest BCUT2D eigenvalue weighted by Crippen LogP contribution is -2.36. The molecule has 0 heterocycles. The van der Waals surface area contributed by atoms with Crippen molar-refractivity contribution >= 4 is 5.96 Å². The molecule has 2 aromatic rings. The van der Waals surface area contributed by atoms with Gasteiger partial charge in [-0.15, -0.1) is 0 Å². The molecule has 7 heteroatoms. The normalized spacial score (nSPS) is 14.4. The predicted molar refractivity (Wildman–Crippen MR) is 122 cm³/mol. The lowest BCUT2D eigenvalue weighted by atomic mass is 10.2. The lowest BCUT2D eigenvalue weighted by Gasteiger charge is -2.17. The van der Waals surface area contributed by atoms with Crippen molar-refractivity contribution in [2.45, 2.75) is 51.8 Å². The highest BCUT2D eigenvalue weighted by Gasteiger charge is 2.18. The average Bonchev–Trinajstić information content (AvgIpc) is 3.30. The van der Waals surface area contributed by atoms with Gasteiger partial charge in [0.25, 0.3) is 0 Å². The topological polar surface area (TPSA) is 84.3 Å². The molecule has 0 saturated heterocycles. The number of ether oxygens (including phenoxy) is 3. The van der Waals surface area contributed by atoms with Crippen molar-refractivity contribution in [1.82, 2.24) is 10.6 Å². The second-order valence-corrected chi connectivity index (χ2v) is 7.51. The number of hydrogen-bond acceptors (Lipinski definition) is 5. The van der Waals surface area contributed by atoms with Gasteiger partial charge >= 0.3 is 0 Å². The molecule has 3 rings (SSSR count). The zero-order valence-corrected chi connectivity index (χ0v) is 18.6. The zero-order chi connectivity index (χ0) is 22.1. The second-order valence-electron chi connectivity index (χ2n) is 7.51. The number of aromatic hydroxyl groups is 1. The van der Waals surface area contributed by atoms with Crippen molar-refractivity contribution in [2.75, 3.05) is 20.8 Å². The fourth-order valence-electron chi connectivity index (χ4n) is 3.65. The van der Waals surface area contributed by atoms with E-state index in [1.54, 1.807) is 13.2 Å². The number of hydrogen-bond donors (Lipinski definition) is 3. The van der Waals surface area contributed by atoms with E-state index >= 15 is 0 Å². The monoisotopic (exact) mass is 427 g/mol. The van der Waals surface area contributed by atoms with Crippen LogP contribution in [0.1, 0.15) is 43.7 Å². The fourth-order valence-corrected chi connectivity index (χ4v) is 3.65. The van der Waals surface area contributed by atoms with Gasteiger partial charge in [0.2, 0.25) is 0 Å². The first-order valence-electron chi connectivity index (χ1n) is 10.8. The van der Waals surface area contributed by atoms with Crippen LogP contribution in [0.25, 0.3) is 0 Å². The molecular weight excluding hydrogens is 394 g/mol. The van der Waals surface area contributed by atoms with Crippen molar-refractivity contribution in [3.05, 3.63) is 47.5 Å². The molecule has 1 fully saturated rings. The van der Waals surface area contributed by atoms with E-state index in [1.807, 2.05) is 37.3 Å². The van der Waals surface area contributed by atoms with Gasteiger partial charge in [0.1, 0.15) is 11.5 Å². The summed E-state index contributed by atoms with van der Waals surface area (Å²) in [7, 11) is 3.20. The van der Waals surface area contributed by atoms with Crippen molar-refractivity contribution in [3.8, 4) is 23.0 Å². The molecule has 0 atom stereocenters. The number of guanidine groups is 1. The van der Waals surface area contributed by atoms with Gasteiger partial charge in [-0.25, -0.2) is 4.99 Å². The van der Waals surface area contributed by atoms with Crippen molar-refractivity contribution in [2.24, 2.45) is 4.99 Å². The Balaban J connectivity index is 1.72. The van der Waals surface area contributed by atoms with Gasteiger partial charge in [-0.05, 0) is 50.8 Å². The third-order valence-corrected chi connectivity index (χ3v) is 5.37. The maximum Gasteiger partial charge on any atom is 0.191 e. The van der Waals surface area contributed by atoms with Crippen LogP contribution in [-0.4, -0.2) is 37.9 Å². The minimum atomic E-state index is 0.135. The van der Waals surface area contributed by atoms with Crippen LogP contribution in [0.4, 0.5) is 0 Å². The Morgan fingerprint density at radius 3 is 2.55 bits per heavy atom. The molecule has 1 saturated carbocycles. The Labute approximate surface area is 184 Å². The van der Waals surface area contributed by atoms with Crippen LogP contribution >= 0.6 is 0 Å². The van der Waals surface area contributed by atoms with Crippen molar-refractivity contribution in [1.29, 1.82) is 0 Å². The zero-order valence-electron chi connectivity index (χ0n) is 18.6. The fraction of sp³-hybridized carbons (Fsp3) is 0.458. The summed E-state index contributed by atoms with van der Waals surface area (Å²) < 4.78 is 16.8. The van der Waals surface area contributed by atoms with Gasteiger partial charge in [-0.2, -0.15) is 0 Å². The van der Waals surface area contributed by atoms with Crippen LogP contribution in [-0.2, 0) is 13.1 Å². The Morgan fingerprint density at radius 1 is 1.03 bits per heavy atom. The van der Waals surface area contributed by atoms with Gasteiger partial charge < -0.3 is 30.0 Å². The maximum absolute atomic E-state index is 10.3. The lowest BCUT2D eigenvalue weighted by molar-refractivity contribution is 0.207. The average molecular weight is 428 g/mol. The highest BCUT2D eigenvalue weighted by Crippen LogP contribution is 2.31. The van der Waals surface area contributed by atoms with Crippen molar-refractivity contribution < 1.29 is 19.3 Å². The smallest absolute Gasteiger partial charge is 0.191 e. The number of phenolic OH excluding ortho intramolecular Hbond substituents is 1. The third-order valence-electron chi connectivity index (χ3n) is 5.37. The third kappa shape index (κ3) is 6.20. The molecule has 2 aromatic carbocycles. The number of methoxy groups -OCH3 is 2. The first-order valence-corrected chi connectivity index (χ1v) is 10.8. The van der Waals surface area contributed by atoms with Gasteiger partial charge in [0.15, 0.2) is 17.5 Å². The summed E-state index contributed by atoms with van der Waals surface area (Å²) >= 11 is 0. The van der Waals surface area contributed by atoms with E-state index in [-0.39, 0.29) is 11.9 Å². The number of rotatable bonds is 9. The highest BCUT2D eigenvalue weighted by molar-refractivity contribution is 5.79. The van der Waals surface area contributed by atoms with Gasteiger partial charge in [0, 0.05) is 30.3 Å². The Morgan fingerprint density at radius 2 is 1.84 bits per heavy atom. The SMILES string of the molecule is CCNC(=NCc1ccc(OC)cc1OC1CCCC1)NCc1cccc(OC)c1O. The standard InChI is InChI=1S/C24H33N3O4/c1-4-25-24(27-16-18-8-7-11-21(30-3)23(18)28)26-15-17-12-13-20(29-2)14-22(17)31-19-9-5-6-10-19/h7-8,11-14,19,28H,4-6,9-10,15-16H2,1-3H3,(H2,25,26,27). The minimum Gasteiger partial charge on any atom is -0.504 e. The molecule has 0 spiro atoms. The van der Waals surface area contributed by atoms with Gasteiger partial charge in [-0.1, -0.05) is 12.1 Å². The van der Waals surface area contributed by atoms with Crippen LogP contribution in [0.15, 0.2) is 41.4 Å². The summed E-state index contributed by atoms with van der Waals surface area (Å²) in [5.74, 6) is 2.85. The molecule has 31 heavy (non-hydrogen) atoms. The predicted octanol–water partition coefficient (Wildman–Crippen LogP) is 3.99. The van der Waals surface area contributed by atoms with Crippen LogP contribution in [0.2, 0.25) is 0 Å². The number of nitrogens with one attached hydrogen (secondary N) is 2.